The van der Waals surface area contributed by atoms with Crippen LogP contribution in [0, 0.1) is 12.7 Å². The van der Waals surface area contributed by atoms with Crippen molar-refractivity contribution in [2.45, 2.75) is 23.4 Å². The average molecular weight is 423 g/mol. The predicted octanol–water partition coefficient (Wildman–Crippen LogP) is 5.50. The number of amides is 1. The topological polar surface area (TPSA) is 66.9 Å². The molecular formula is C18H16ClFN4OS2. The Bertz CT molecular complexity index is 966. The van der Waals surface area contributed by atoms with Gasteiger partial charge in [0, 0.05) is 10.7 Å². The van der Waals surface area contributed by atoms with Gasteiger partial charge in [-0.15, -0.1) is 10.2 Å². The molecular weight excluding hydrogens is 407 g/mol. The summed E-state index contributed by atoms with van der Waals surface area (Å²) in [5.41, 5.74) is 1.96. The fourth-order valence-electron chi connectivity index (χ4n) is 2.10. The van der Waals surface area contributed by atoms with Crippen molar-refractivity contribution >= 4 is 57.1 Å². The number of aryl methyl sites for hydroxylation is 1. The van der Waals surface area contributed by atoms with Crippen LogP contribution in [-0.4, -0.2) is 21.4 Å². The summed E-state index contributed by atoms with van der Waals surface area (Å²) in [6.45, 7) is 3.66. The maximum Gasteiger partial charge on any atom is 0.237 e. The molecule has 0 bridgehead atoms. The largest absolute Gasteiger partial charge is 0.330 e. The lowest BCUT2D eigenvalue weighted by Gasteiger charge is -2.10. The molecule has 27 heavy (non-hydrogen) atoms. The predicted molar refractivity (Wildman–Crippen MR) is 110 cm³/mol. The summed E-state index contributed by atoms with van der Waals surface area (Å²) in [6.07, 6.45) is 0. The Labute approximate surface area is 169 Å². The molecule has 9 heteroatoms. The van der Waals surface area contributed by atoms with Crippen molar-refractivity contribution in [3.8, 4) is 0 Å². The molecule has 2 N–H and O–H groups in total. The Balaban J connectivity index is 1.60. The molecule has 2 aromatic carbocycles. The van der Waals surface area contributed by atoms with Gasteiger partial charge in [0.15, 0.2) is 4.34 Å². The fraction of sp³-hybridized carbons (Fsp3) is 0.167. The maximum atomic E-state index is 13.6. The third kappa shape index (κ3) is 5.18. The zero-order chi connectivity index (χ0) is 19.4. The Morgan fingerprint density at radius 1 is 1.26 bits per heavy atom. The lowest BCUT2D eigenvalue weighted by molar-refractivity contribution is -0.115. The minimum absolute atomic E-state index is 0.158. The van der Waals surface area contributed by atoms with Crippen molar-refractivity contribution in [2.24, 2.45) is 0 Å². The lowest BCUT2D eigenvalue weighted by atomic mass is 10.2. The van der Waals surface area contributed by atoms with Crippen LogP contribution in [-0.2, 0) is 4.79 Å². The molecule has 5 nitrogen and oxygen atoms in total. The van der Waals surface area contributed by atoms with Crippen molar-refractivity contribution in [2.75, 3.05) is 10.6 Å². The molecule has 1 aromatic heterocycles. The quantitative estimate of drug-likeness (QED) is 0.513. The van der Waals surface area contributed by atoms with Crippen LogP contribution in [0.2, 0.25) is 5.02 Å². The second-order valence-corrected chi connectivity index (χ2v) is 8.66. The summed E-state index contributed by atoms with van der Waals surface area (Å²) in [7, 11) is 0. The van der Waals surface area contributed by atoms with E-state index in [-0.39, 0.29) is 11.6 Å². The Kier molecular flexibility index (Phi) is 6.30. The van der Waals surface area contributed by atoms with E-state index in [1.807, 2.05) is 25.1 Å². The van der Waals surface area contributed by atoms with Crippen LogP contribution in [0.4, 0.5) is 20.9 Å². The van der Waals surface area contributed by atoms with Crippen molar-refractivity contribution in [1.82, 2.24) is 10.2 Å². The first-order valence-electron chi connectivity index (χ1n) is 8.01. The van der Waals surface area contributed by atoms with Crippen molar-refractivity contribution < 1.29 is 9.18 Å². The van der Waals surface area contributed by atoms with Crippen molar-refractivity contribution in [3.05, 3.63) is 58.9 Å². The molecule has 0 saturated heterocycles. The van der Waals surface area contributed by atoms with E-state index in [2.05, 4.69) is 20.8 Å². The second kappa shape index (κ2) is 8.69. The van der Waals surface area contributed by atoms with Gasteiger partial charge in [-0.05, 0) is 43.7 Å². The molecule has 3 rings (SSSR count). The zero-order valence-corrected chi connectivity index (χ0v) is 16.9. The highest BCUT2D eigenvalue weighted by molar-refractivity contribution is 8.02. The molecule has 0 unspecified atom stereocenters. The van der Waals surface area contributed by atoms with Crippen molar-refractivity contribution in [3.63, 3.8) is 0 Å². The number of anilines is 3. The molecule has 0 spiro atoms. The van der Waals surface area contributed by atoms with E-state index in [0.29, 0.717) is 14.5 Å². The number of aromatic nitrogens is 2. The van der Waals surface area contributed by atoms with Gasteiger partial charge in [0.1, 0.15) is 5.82 Å². The van der Waals surface area contributed by atoms with E-state index in [4.69, 9.17) is 11.6 Å². The first-order valence-corrected chi connectivity index (χ1v) is 10.1. The van der Waals surface area contributed by atoms with Gasteiger partial charge in [-0.3, -0.25) is 4.79 Å². The van der Waals surface area contributed by atoms with Crippen LogP contribution >= 0.6 is 34.7 Å². The van der Waals surface area contributed by atoms with Gasteiger partial charge >= 0.3 is 0 Å². The standard InChI is InChI=1S/C18H16ClFN4OS2/c1-10-7-8-12(9-13(10)19)21-17-23-24-18(27-17)26-11(2)16(25)22-15-6-4-3-5-14(15)20/h3-9,11H,1-2H3,(H,21,23)(H,22,25)/t11-/m1/s1. The normalized spacial score (nSPS) is 11.9. The minimum atomic E-state index is -0.470. The van der Waals surface area contributed by atoms with E-state index in [1.54, 1.807) is 19.1 Å². The summed E-state index contributed by atoms with van der Waals surface area (Å²) in [6, 6.07) is 11.7. The number of thioether (sulfide) groups is 1. The SMILES string of the molecule is Cc1ccc(Nc2nnc(S[C@H](C)C(=O)Nc3ccccc3F)s2)cc1Cl. The summed E-state index contributed by atoms with van der Waals surface area (Å²) in [5, 5.41) is 14.7. The van der Waals surface area contributed by atoms with Crippen LogP contribution < -0.4 is 10.6 Å². The first-order chi connectivity index (χ1) is 12.9. The van der Waals surface area contributed by atoms with Gasteiger partial charge in [-0.1, -0.05) is 52.9 Å². The fourth-order valence-corrected chi connectivity index (χ4v) is 4.20. The Morgan fingerprint density at radius 3 is 2.78 bits per heavy atom. The monoisotopic (exact) mass is 422 g/mol. The number of halogens is 2. The van der Waals surface area contributed by atoms with Gasteiger partial charge in [-0.2, -0.15) is 0 Å². The molecule has 0 aliphatic heterocycles. The van der Waals surface area contributed by atoms with Crippen molar-refractivity contribution in [1.29, 1.82) is 0 Å². The Hall–Kier alpha value is -2.16. The molecule has 0 saturated carbocycles. The highest BCUT2D eigenvalue weighted by atomic mass is 35.5. The first kappa shape index (κ1) is 19.6. The number of benzene rings is 2. The number of carbonyl (C=O) groups is 1. The third-order valence-electron chi connectivity index (χ3n) is 3.61. The molecule has 0 fully saturated rings. The molecule has 3 aromatic rings. The molecule has 0 radical (unpaired) electrons. The summed E-state index contributed by atoms with van der Waals surface area (Å²) >= 11 is 8.70. The minimum Gasteiger partial charge on any atom is -0.330 e. The number of nitrogens with one attached hydrogen (secondary N) is 2. The second-order valence-electron chi connectivity index (χ2n) is 5.69. The van der Waals surface area contributed by atoms with Gasteiger partial charge < -0.3 is 10.6 Å². The van der Waals surface area contributed by atoms with Crippen LogP contribution in [0.1, 0.15) is 12.5 Å². The zero-order valence-electron chi connectivity index (χ0n) is 14.5. The van der Waals surface area contributed by atoms with Gasteiger partial charge in [0.05, 0.1) is 10.9 Å². The molecule has 1 amide bonds. The maximum absolute atomic E-state index is 13.6. The highest BCUT2D eigenvalue weighted by Gasteiger charge is 2.18. The van der Waals surface area contributed by atoms with E-state index >= 15 is 0 Å². The number of hydrogen-bond acceptors (Lipinski definition) is 6. The van der Waals surface area contributed by atoms with Crippen LogP contribution in [0.15, 0.2) is 46.8 Å². The number of rotatable bonds is 6. The van der Waals surface area contributed by atoms with Crippen LogP contribution in [0.25, 0.3) is 0 Å². The van der Waals surface area contributed by atoms with Crippen LogP contribution in [0.3, 0.4) is 0 Å². The lowest BCUT2D eigenvalue weighted by Crippen LogP contribution is -2.22. The van der Waals surface area contributed by atoms with E-state index in [9.17, 15) is 9.18 Å². The molecule has 1 heterocycles. The number of nitrogens with zero attached hydrogens (tertiary/aromatic N) is 2. The third-order valence-corrected chi connectivity index (χ3v) is 6.04. The molecule has 140 valence electrons. The van der Waals surface area contributed by atoms with E-state index in [0.717, 1.165) is 11.3 Å². The van der Waals surface area contributed by atoms with Gasteiger partial charge in [-0.25, -0.2) is 4.39 Å². The summed E-state index contributed by atoms with van der Waals surface area (Å²) in [5.74, 6) is -0.776. The van der Waals surface area contributed by atoms with E-state index < -0.39 is 11.1 Å². The van der Waals surface area contributed by atoms with Gasteiger partial charge in [0.25, 0.3) is 0 Å². The number of hydrogen-bond donors (Lipinski definition) is 2. The number of carbonyl (C=O) groups excluding carboxylic acids is 1. The number of para-hydroxylation sites is 1. The Morgan fingerprint density at radius 2 is 2.04 bits per heavy atom. The molecule has 1 atom stereocenters. The van der Waals surface area contributed by atoms with E-state index in [1.165, 1.54) is 35.2 Å². The van der Waals surface area contributed by atoms with Gasteiger partial charge in [0.2, 0.25) is 11.0 Å². The highest BCUT2D eigenvalue weighted by Crippen LogP contribution is 2.31. The smallest absolute Gasteiger partial charge is 0.237 e. The average Bonchev–Trinajstić information content (AvgIpc) is 3.07. The molecule has 0 aliphatic carbocycles. The summed E-state index contributed by atoms with van der Waals surface area (Å²) in [4.78, 5) is 12.3. The molecule has 0 aliphatic rings. The summed E-state index contributed by atoms with van der Waals surface area (Å²) < 4.78 is 14.3. The van der Waals surface area contributed by atoms with Crippen LogP contribution in [0.5, 0.6) is 0 Å².